The summed E-state index contributed by atoms with van der Waals surface area (Å²) in [5.41, 5.74) is 3.47. The molecule has 0 atom stereocenters. The van der Waals surface area contributed by atoms with Crippen molar-refractivity contribution < 1.29 is 19.1 Å². The zero-order chi connectivity index (χ0) is 21.4. The largest absolute Gasteiger partial charge is 0.492 e. The second-order valence-electron chi connectivity index (χ2n) is 5.61. The van der Waals surface area contributed by atoms with E-state index in [1.165, 1.54) is 12.3 Å². The van der Waals surface area contributed by atoms with Crippen LogP contribution < -0.4 is 20.2 Å². The molecule has 0 saturated heterocycles. The van der Waals surface area contributed by atoms with Crippen LogP contribution in [0.3, 0.4) is 0 Å². The number of carbonyl (C=O) groups is 2. The van der Waals surface area contributed by atoms with Crippen molar-refractivity contribution in [2.24, 2.45) is 5.10 Å². The number of hydrogen-bond acceptors (Lipinski definition) is 5. The maximum atomic E-state index is 12.0. The first-order valence-corrected chi connectivity index (χ1v) is 10.2. The average molecular weight is 550 g/mol. The van der Waals surface area contributed by atoms with Gasteiger partial charge in [-0.3, -0.25) is 9.59 Å². The minimum Gasteiger partial charge on any atom is -0.492 e. The first kappa shape index (κ1) is 23.2. The maximum absolute atomic E-state index is 12.0. The number of benzene rings is 2. The fourth-order valence-electron chi connectivity index (χ4n) is 2.27. The van der Waals surface area contributed by atoms with Gasteiger partial charge in [0, 0.05) is 5.69 Å². The third-order valence-electron chi connectivity index (χ3n) is 3.46. The highest BCUT2D eigenvalue weighted by Crippen LogP contribution is 2.33. The van der Waals surface area contributed by atoms with Crippen LogP contribution in [0.4, 0.5) is 5.69 Å². The Morgan fingerprint density at radius 3 is 2.59 bits per heavy atom. The van der Waals surface area contributed by atoms with Gasteiger partial charge in [-0.25, -0.2) is 5.43 Å². The molecule has 2 amide bonds. The van der Waals surface area contributed by atoms with Gasteiger partial charge in [0.25, 0.3) is 0 Å². The lowest BCUT2D eigenvalue weighted by Crippen LogP contribution is -2.24. The number of amides is 2. The van der Waals surface area contributed by atoms with Crippen LogP contribution in [-0.2, 0) is 9.59 Å². The molecule has 0 saturated carbocycles. The number of hydrazone groups is 1. The summed E-state index contributed by atoms with van der Waals surface area (Å²) in [6.45, 7) is 2.36. The SMILES string of the molecule is CCOc1cc(C=NNC(=O)CC(=O)Nc2ccc(Cl)c(Cl)c2)cc(I)c1OC. The highest BCUT2D eigenvalue weighted by Gasteiger charge is 2.12. The lowest BCUT2D eigenvalue weighted by molar-refractivity contribution is -0.126. The number of hydrogen-bond donors (Lipinski definition) is 2. The highest BCUT2D eigenvalue weighted by molar-refractivity contribution is 14.1. The number of rotatable bonds is 8. The van der Waals surface area contributed by atoms with Crippen molar-refractivity contribution in [3.8, 4) is 11.5 Å². The van der Waals surface area contributed by atoms with Gasteiger partial charge < -0.3 is 14.8 Å². The lowest BCUT2D eigenvalue weighted by Gasteiger charge is -2.11. The molecule has 7 nitrogen and oxygen atoms in total. The summed E-state index contributed by atoms with van der Waals surface area (Å²) >= 11 is 13.8. The van der Waals surface area contributed by atoms with Gasteiger partial charge in [-0.15, -0.1) is 0 Å². The predicted octanol–water partition coefficient (Wildman–Crippen LogP) is 4.48. The smallest absolute Gasteiger partial charge is 0.249 e. The van der Waals surface area contributed by atoms with E-state index >= 15 is 0 Å². The Morgan fingerprint density at radius 1 is 1.17 bits per heavy atom. The van der Waals surface area contributed by atoms with E-state index in [1.807, 2.05) is 13.0 Å². The summed E-state index contributed by atoms with van der Waals surface area (Å²) in [5, 5.41) is 7.12. The maximum Gasteiger partial charge on any atom is 0.249 e. The third-order valence-corrected chi connectivity index (χ3v) is 5.00. The van der Waals surface area contributed by atoms with Crippen LogP contribution in [0.2, 0.25) is 10.0 Å². The Balaban J connectivity index is 1.93. The molecule has 0 unspecified atom stereocenters. The molecular weight excluding hydrogens is 532 g/mol. The second kappa shape index (κ2) is 11.2. The molecule has 0 aliphatic rings. The van der Waals surface area contributed by atoms with Crippen molar-refractivity contribution in [3.63, 3.8) is 0 Å². The van der Waals surface area contributed by atoms with Crippen molar-refractivity contribution in [2.45, 2.75) is 13.3 Å². The molecule has 0 aliphatic carbocycles. The highest BCUT2D eigenvalue weighted by atomic mass is 127. The standard InChI is InChI=1S/C19H18Cl2IN3O4/c1-3-29-16-7-11(6-15(22)19(16)28-2)10-23-25-18(27)9-17(26)24-12-4-5-13(20)14(21)8-12/h4-8,10H,3,9H2,1-2H3,(H,24,26)(H,25,27). The van der Waals surface area contributed by atoms with E-state index in [-0.39, 0.29) is 0 Å². The average Bonchev–Trinajstić information content (AvgIpc) is 2.65. The molecule has 2 aromatic rings. The van der Waals surface area contributed by atoms with Gasteiger partial charge in [0.1, 0.15) is 6.42 Å². The van der Waals surface area contributed by atoms with Crippen LogP contribution in [0.1, 0.15) is 18.9 Å². The number of carbonyl (C=O) groups excluding carboxylic acids is 2. The summed E-state index contributed by atoms with van der Waals surface area (Å²) in [4.78, 5) is 23.9. The monoisotopic (exact) mass is 549 g/mol. The molecule has 2 N–H and O–H groups in total. The molecule has 29 heavy (non-hydrogen) atoms. The number of halogens is 3. The molecule has 0 aliphatic heterocycles. The third kappa shape index (κ3) is 7.06. The number of nitrogens with one attached hydrogen (secondary N) is 2. The molecular formula is C19H18Cl2IN3O4. The zero-order valence-electron chi connectivity index (χ0n) is 15.6. The molecule has 0 fully saturated rings. The van der Waals surface area contributed by atoms with Crippen LogP contribution in [-0.4, -0.2) is 31.7 Å². The van der Waals surface area contributed by atoms with Crippen LogP contribution in [0, 0.1) is 3.57 Å². The van der Waals surface area contributed by atoms with Gasteiger partial charge in [-0.2, -0.15) is 5.10 Å². The number of methoxy groups -OCH3 is 1. The van der Waals surface area contributed by atoms with Gasteiger partial charge in [0.05, 0.1) is 33.5 Å². The van der Waals surface area contributed by atoms with Gasteiger partial charge in [0.2, 0.25) is 11.8 Å². The first-order chi connectivity index (χ1) is 13.8. The number of anilines is 1. The van der Waals surface area contributed by atoms with E-state index in [0.717, 1.165) is 3.57 Å². The second-order valence-corrected chi connectivity index (χ2v) is 7.59. The van der Waals surface area contributed by atoms with Gasteiger partial charge in [0.15, 0.2) is 11.5 Å². The first-order valence-electron chi connectivity index (χ1n) is 8.41. The van der Waals surface area contributed by atoms with Gasteiger partial charge in [-0.05, 0) is 65.4 Å². The summed E-state index contributed by atoms with van der Waals surface area (Å²) in [6.07, 6.45) is 1.06. The zero-order valence-corrected chi connectivity index (χ0v) is 19.3. The van der Waals surface area contributed by atoms with Gasteiger partial charge in [-0.1, -0.05) is 23.2 Å². The van der Waals surface area contributed by atoms with Crippen molar-refractivity contribution in [3.05, 3.63) is 49.5 Å². The molecule has 0 spiro atoms. The quantitative estimate of drug-likeness (QED) is 0.220. The minimum absolute atomic E-state index is 0.305. The molecule has 0 aromatic heterocycles. The van der Waals surface area contributed by atoms with E-state index in [4.69, 9.17) is 32.7 Å². The predicted molar refractivity (Wildman–Crippen MR) is 122 cm³/mol. The van der Waals surface area contributed by atoms with Gasteiger partial charge >= 0.3 is 0 Å². The Kier molecular flexibility index (Phi) is 8.99. The Labute approximate surface area is 191 Å². The fourth-order valence-corrected chi connectivity index (χ4v) is 3.41. The summed E-state index contributed by atoms with van der Waals surface area (Å²) in [6, 6.07) is 8.21. The van der Waals surface area contributed by atoms with E-state index in [9.17, 15) is 9.59 Å². The molecule has 0 radical (unpaired) electrons. The van der Waals surface area contributed by atoms with Crippen molar-refractivity contribution in [1.29, 1.82) is 0 Å². The minimum atomic E-state index is -0.563. The number of ether oxygens (including phenoxy) is 2. The molecule has 2 aromatic carbocycles. The van der Waals surface area contributed by atoms with Crippen LogP contribution >= 0.6 is 45.8 Å². The van der Waals surface area contributed by atoms with E-state index < -0.39 is 18.2 Å². The van der Waals surface area contributed by atoms with E-state index in [0.29, 0.717) is 39.4 Å². The molecule has 10 heteroatoms. The molecule has 2 rings (SSSR count). The summed E-state index contributed by atoms with van der Waals surface area (Å²) in [7, 11) is 1.57. The van der Waals surface area contributed by atoms with Crippen molar-refractivity contribution >= 4 is 69.5 Å². The van der Waals surface area contributed by atoms with Crippen LogP contribution in [0.15, 0.2) is 35.4 Å². The van der Waals surface area contributed by atoms with Crippen LogP contribution in [0.5, 0.6) is 11.5 Å². The Bertz CT molecular complexity index is 938. The van der Waals surface area contributed by atoms with Crippen molar-refractivity contribution in [2.75, 3.05) is 19.0 Å². The normalized spacial score (nSPS) is 10.7. The lowest BCUT2D eigenvalue weighted by atomic mass is 10.2. The van der Waals surface area contributed by atoms with E-state index in [2.05, 4.69) is 38.4 Å². The van der Waals surface area contributed by atoms with Crippen LogP contribution in [0.25, 0.3) is 0 Å². The van der Waals surface area contributed by atoms with E-state index in [1.54, 1.807) is 25.3 Å². The number of nitrogens with zero attached hydrogens (tertiary/aromatic N) is 1. The summed E-state index contributed by atoms with van der Waals surface area (Å²) < 4.78 is 11.7. The topological polar surface area (TPSA) is 89.0 Å². The Hall–Kier alpha value is -2.04. The van der Waals surface area contributed by atoms with Crippen molar-refractivity contribution in [1.82, 2.24) is 5.43 Å². The molecule has 0 bridgehead atoms. The summed E-state index contributed by atoms with van der Waals surface area (Å²) in [5.74, 6) is 0.143. The molecule has 0 heterocycles. The fraction of sp³-hybridized carbons (Fsp3) is 0.211. The molecule has 154 valence electrons. The Morgan fingerprint density at radius 2 is 1.93 bits per heavy atom.